The van der Waals surface area contributed by atoms with Crippen molar-refractivity contribution in [2.24, 2.45) is 22.7 Å². The highest BCUT2D eigenvalue weighted by Crippen LogP contribution is 2.68. The summed E-state index contributed by atoms with van der Waals surface area (Å²) in [5.74, 6) is -2.49. The van der Waals surface area contributed by atoms with Crippen molar-refractivity contribution >= 4 is 17.3 Å². The maximum Gasteiger partial charge on any atom is 0.190 e. The number of allylic oxidation sites excluding steroid dienone is 4. The summed E-state index contributed by atoms with van der Waals surface area (Å²) in [7, 11) is 0. The van der Waals surface area contributed by atoms with Gasteiger partial charge in [-0.05, 0) is 50.7 Å². The van der Waals surface area contributed by atoms with Crippen LogP contribution in [0.1, 0.15) is 46.0 Å². The molecule has 4 rings (SSSR count). The summed E-state index contributed by atoms with van der Waals surface area (Å²) in [5.41, 5.74) is -5.59. The monoisotopic (exact) mass is 376 g/mol. The van der Waals surface area contributed by atoms with Crippen LogP contribution < -0.4 is 0 Å². The number of carbonyl (C=O) groups excluding carboxylic acids is 3. The molecule has 6 atom stereocenters. The number of fused-ring (bicyclic) bond motifs is 5. The minimum atomic E-state index is -2.16. The van der Waals surface area contributed by atoms with Crippen LogP contribution in [0.5, 0.6) is 0 Å². The van der Waals surface area contributed by atoms with Crippen LogP contribution in [0.3, 0.4) is 0 Å². The number of aliphatic hydroxyl groups is 2. The molecule has 0 saturated heterocycles. The third-order valence-corrected chi connectivity index (χ3v) is 8.16. The van der Waals surface area contributed by atoms with Crippen molar-refractivity contribution in [1.82, 2.24) is 0 Å². The van der Waals surface area contributed by atoms with Gasteiger partial charge in [0.05, 0.1) is 0 Å². The lowest BCUT2D eigenvalue weighted by molar-refractivity contribution is -0.184. The summed E-state index contributed by atoms with van der Waals surface area (Å²) in [6, 6.07) is 0. The lowest BCUT2D eigenvalue weighted by atomic mass is 9.45. The van der Waals surface area contributed by atoms with Gasteiger partial charge in [-0.3, -0.25) is 14.4 Å². The van der Waals surface area contributed by atoms with Crippen LogP contribution in [0, 0.1) is 22.7 Å². The molecule has 27 heavy (non-hydrogen) atoms. The molecule has 2 N–H and O–H groups in total. The average Bonchev–Trinajstić information content (AvgIpc) is 2.88. The maximum atomic E-state index is 16.6. The molecule has 0 radical (unpaired) electrons. The van der Waals surface area contributed by atoms with Crippen molar-refractivity contribution in [3.05, 3.63) is 23.8 Å². The van der Waals surface area contributed by atoms with E-state index < -0.39 is 46.2 Å². The van der Waals surface area contributed by atoms with E-state index in [0.717, 1.165) is 0 Å². The molecule has 6 heteroatoms. The highest BCUT2D eigenvalue weighted by atomic mass is 19.1. The molecule has 0 amide bonds. The molecule has 3 saturated carbocycles. The molecule has 0 aromatic heterocycles. The fraction of sp³-hybridized carbons (Fsp3) is 0.667. The zero-order chi connectivity index (χ0) is 19.8. The third-order valence-electron chi connectivity index (χ3n) is 8.16. The van der Waals surface area contributed by atoms with Crippen LogP contribution in [0.15, 0.2) is 23.8 Å². The summed E-state index contributed by atoms with van der Waals surface area (Å²) in [4.78, 5) is 37.3. The number of aliphatic hydroxyl groups excluding tert-OH is 1. The first kappa shape index (κ1) is 18.7. The summed E-state index contributed by atoms with van der Waals surface area (Å²) in [6.45, 7) is 2.56. The first-order valence-corrected chi connectivity index (χ1v) is 9.57. The first-order valence-electron chi connectivity index (χ1n) is 9.57. The SMILES string of the molecule is C[C@]12C=CC(=O)C=C1CC[C@H]1[C@@H]3CC[C@](O)(C(=O)CO)[C@@]3(C)CC(=O)[C@@]12F. The van der Waals surface area contributed by atoms with E-state index in [9.17, 15) is 24.6 Å². The van der Waals surface area contributed by atoms with Gasteiger partial charge in [-0.25, -0.2) is 4.39 Å². The molecule has 4 aliphatic carbocycles. The fourth-order valence-corrected chi connectivity index (χ4v) is 6.53. The van der Waals surface area contributed by atoms with Gasteiger partial charge in [-0.1, -0.05) is 18.6 Å². The molecule has 0 bridgehead atoms. The molecule has 5 nitrogen and oxygen atoms in total. The topological polar surface area (TPSA) is 91.7 Å². The zero-order valence-corrected chi connectivity index (χ0v) is 15.6. The first-order chi connectivity index (χ1) is 12.5. The van der Waals surface area contributed by atoms with Gasteiger partial charge in [-0.2, -0.15) is 0 Å². The molecule has 0 spiro atoms. The van der Waals surface area contributed by atoms with E-state index in [1.807, 2.05) is 0 Å². The van der Waals surface area contributed by atoms with Crippen molar-refractivity contribution in [3.8, 4) is 0 Å². The quantitative estimate of drug-likeness (QED) is 0.768. The van der Waals surface area contributed by atoms with E-state index in [0.29, 0.717) is 24.8 Å². The number of hydrogen-bond donors (Lipinski definition) is 2. The predicted octanol–water partition coefficient (Wildman–Crippen LogP) is 1.86. The lowest BCUT2D eigenvalue weighted by Gasteiger charge is -2.59. The number of ketones is 3. The Morgan fingerprint density at radius 3 is 2.63 bits per heavy atom. The van der Waals surface area contributed by atoms with Gasteiger partial charge < -0.3 is 10.2 Å². The largest absolute Gasteiger partial charge is 0.388 e. The number of halogens is 1. The van der Waals surface area contributed by atoms with Gasteiger partial charge >= 0.3 is 0 Å². The van der Waals surface area contributed by atoms with Gasteiger partial charge in [-0.15, -0.1) is 0 Å². The molecule has 4 aliphatic rings. The molecular weight excluding hydrogens is 351 g/mol. The standard InChI is InChI=1S/C21H25FO5/c1-18-7-5-13(24)9-12(18)3-4-15-14-6-8-20(27,17(26)11-23)19(14,2)10-16(25)21(15,18)22/h5,7,9,14-15,23,27H,3-4,6,8,10-11H2,1-2H3/t14-,15-,18-,19-,20-,21-/m0/s1. The second-order valence-electron chi connectivity index (χ2n) is 9.07. The zero-order valence-electron chi connectivity index (χ0n) is 15.6. The number of alkyl halides is 1. The van der Waals surface area contributed by atoms with Gasteiger partial charge in [0.1, 0.15) is 12.2 Å². The Bertz CT molecular complexity index is 815. The second-order valence-corrected chi connectivity index (χ2v) is 9.07. The Morgan fingerprint density at radius 2 is 1.96 bits per heavy atom. The maximum absolute atomic E-state index is 16.6. The van der Waals surface area contributed by atoms with Crippen LogP contribution in [0.2, 0.25) is 0 Å². The molecule has 0 aromatic carbocycles. The van der Waals surface area contributed by atoms with Crippen LogP contribution in [-0.4, -0.2) is 45.4 Å². The number of Topliss-reactive ketones (excluding diaryl/α,β-unsaturated/α-hetero) is 2. The molecule has 3 fully saturated rings. The molecule has 0 aliphatic heterocycles. The molecule has 0 heterocycles. The number of rotatable bonds is 2. The van der Waals surface area contributed by atoms with E-state index >= 15 is 4.39 Å². The summed E-state index contributed by atoms with van der Waals surface area (Å²) < 4.78 is 16.6. The van der Waals surface area contributed by atoms with E-state index in [-0.39, 0.29) is 24.5 Å². The highest BCUT2D eigenvalue weighted by molar-refractivity contribution is 6.03. The number of carbonyl (C=O) groups is 3. The van der Waals surface area contributed by atoms with Gasteiger partial charge in [0.25, 0.3) is 0 Å². The van der Waals surface area contributed by atoms with Crippen molar-refractivity contribution in [1.29, 1.82) is 0 Å². The van der Waals surface area contributed by atoms with Crippen LogP contribution in [0.4, 0.5) is 4.39 Å². The molecule has 146 valence electrons. The average molecular weight is 376 g/mol. The van der Waals surface area contributed by atoms with Gasteiger partial charge in [0, 0.05) is 23.2 Å². The second kappa shape index (κ2) is 5.45. The minimum absolute atomic E-state index is 0.126. The van der Waals surface area contributed by atoms with Crippen molar-refractivity contribution < 1.29 is 29.0 Å². The van der Waals surface area contributed by atoms with Gasteiger partial charge in [0.15, 0.2) is 23.0 Å². The Labute approximate surface area is 157 Å². The lowest BCUT2D eigenvalue weighted by Crippen LogP contribution is -2.67. The normalized spacial score (nSPS) is 48.6. The van der Waals surface area contributed by atoms with Crippen molar-refractivity contribution in [2.75, 3.05) is 6.61 Å². The van der Waals surface area contributed by atoms with Crippen molar-refractivity contribution in [2.45, 2.75) is 57.2 Å². The highest BCUT2D eigenvalue weighted by Gasteiger charge is 2.74. The minimum Gasteiger partial charge on any atom is -0.388 e. The molecule has 0 aromatic rings. The smallest absolute Gasteiger partial charge is 0.190 e. The molecule has 0 unspecified atom stereocenters. The Hall–Kier alpha value is -1.66. The Kier molecular flexibility index (Phi) is 3.77. The van der Waals surface area contributed by atoms with E-state index in [2.05, 4.69) is 0 Å². The van der Waals surface area contributed by atoms with Crippen molar-refractivity contribution in [3.63, 3.8) is 0 Å². The predicted molar refractivity (Wildman–Crippen MR) is 94.4 cm³/mol. The fourth-order valence-electron chi connectivity index (χ4n) is 6.53. The Balaban J connectivity index is 1.82. The van der Waals surface area contributed by atoms with E-state index in [4.69, 9.17) is 0 Å². The Morgan fingerprint density at radius 1 is 1.26 bits per heavy atom. The van der Waals surface area contributed by atoms with E-state index in [1.54, 1.807) is 13.8 Å². The third kappa shape index (κ3) is 1.98. The summed E-state index contributed by atoms with van der Waals surface area (Å²) >= 11 is 0. The summed E-state index contributed by atoms with van der Waals surface area (Å²) in [6.07, 6.45) is 5.51. The van der Waals surface area contributed by atoms with Crippen LogP contribution in [0.25, 0.3) is 0 Å². The van der Waals surface area contributed by atoms with Gasteiger partial charge in [0.2, 0.25) is 0 Å². The summed E-state index contributed by atoms with van der Waals surface area (Å²) in [5, 5.41) is 20.4. The number of hydrogen-bond acceptors (Lipinski definition) is 5. The molecular formula is C21H25FO5. The van der Waals surface area contributed by atoms with Crippen LogP contribution >= 0.6 is 0 Å². The van der Waals surface area contributed by atoms with Crippen LogP contribution in [-0.2, 0) is 14.4 Å². The van der Waals surface area contributed by atoms with E-state index in [1.165, 1.54) is 18.2 Å².